The van der Waals surface area contributed by atoms with Gasteiger partial charge in [0.05, 0.1) is 6.54 Å². The molecule has 2 N–H and O–H groups in total. The van der Waals surface area contributed by atoms with E-state index in [0.29, 0.717) is 0 Å². The molecular weight excluding hydrogens is 227 g/mol. The van der Waals surface area contributed by atoms with E-state index in [0.717, 1.165) is 10.6 Å². The minimum atomic E-state index is -4.27. The van der Waals surface area contributed by atoms with Crippen LogP contribution in [0.3, 0.4) is 0 Å². The minimum absolute atomic E-state index is 0.00847. The smallest absolute Gasteiger partial charge is 0.307 e. The molecule has 0 bridgehead atoms. The summed E-state index contributed by atoms with van der Waals surface area (Å²) in [5, 5.41) is 2.14. The summed E-state index contributed by atoms with van der Waals surface area (Å²) in [5.74, 6) is 0. The Hall–Kier alpha value is -1.57. The Morgan fingerprint density at radius 3 is 2.62 bits per heavy atom. The maximum absolute atomic E-state index is 11.7. The first-order valence-corrected chi connectivity index (χ1v) is 4.46. The van der Waals surface area contributed by atoms with Crippen molar-refractivity contribution in [3.05, 3.63) is 33.1 Å². The van der Waals surface area contributed by atoms with E-state index in [1.807, 2.05) is 4.98 Å². The lowest BCUT2D eigenvalue weighted by Gasteiger charge is -2.08. The normalized spacial score (nSPS) is 11.7. The molecular formula is C8H10F3N3O2. The summed E-state index contributed by atoms with van der Waals surface area (Å²) in [7, 11) is 0. The zero-order chi connectivity index (χ0) is 12.2. The van der Waals surface area contributed by atoms with Crippen molar-refractivity contribution in [1.29, 1.82) is 0 Å². The van der Waals surface area contributed by atoms with Crippen LogP contribution < -0.4 is 16.6 Å². The van der Waals surface area contributed by atoms with Crippen molar-refractivity contribution in [2.24, 2.45) is 0 Å². The van der Waals surface area contributed by atoms with E-state index in [2.05, 4.69) is 5.32 Å². The Labute approximate surface area is 87.9 Å². The lowest BCUT2D eigenvalue weighted by molar-refractivity contribution is -0.124. The summed E-state index contributed by atoms with van der Waals surface area (Å²) in [5.41, 5.74) is -1.18. The predicted octanol–water partition coefficient (Wildman–Crippen LogP) is -0.312. The zero-order valence-electron chi connectivity index (χ0n) is 8.17. The molecule has 0 aliphatic heterocycles. The van der Waals surface area contributed by atoms with Crippen molar-refractivity contribution in [2.75, 3.05) is 13.1 Å². The summed E-state index contributed by atoms with van der Waals surface area (Å²) < 4.78 is 36.3. The Kier molecular flexibility index (Phi) is 3.88. The second kappa shape index (κ2) is 4.97. The molecule has 0 fully saturated rings. The van der Waals surface area contributed by atoms with Gasteiger partial charge < -0.3 is 5.32 Å². The molecule has 1 aromatic heterocycles. The van der Waals surface area contributed by atoms with Gasteiger partial charge in [0.2, 0.25) is 0 Å². The molecule has 0 saturated heterocycles. The highest BCUT2D eigenvalue weighted by Gasteiger charge is 2.25. The van der Waals surface area contributed by atoms with E-state index in [1.165, 1.54) is 6.20 Å². The van der Waals surface area contributed by atoms with Gasteiger partial charge in [-0.25, -0.2) is 4.79 Å². The average Bonchev–Trinajstić information content (AvgIpc) is 2.13. The predicted molar refractivity (Wildman–Crippen MR) is 50.2 cm³/mol. The first-order chi connectivity index (χ1) is 7.38. The summed E-state index contributed by atoms with van der Waals surface area (Å²) in [4.78, 5) is 23.8. The van der Waals surface area contributed by atoms with Crippen molar-refractivity contribution in [3.63, 3.8) is 0 Å². The van der Waals surface area contributed by atoms with Crippen molar-refractivity contribution >= 4 is 0 Å². The van der Waals surface area contributed by atoms with E-state index in [9.17, 15) is 22.8 Å². The molecule has 0 amide bonds. The molecule has 0 atom stereocenters. The van der Waals surface area contributed by atoms with E-state index >= 15 is 0 Å². The van der Waals surface area contributed by atoms with Crippen LogP contribution in [0.5, 0.6) is 0 Å². The number of hydrogen-bond donors (Lipinski definition) is 2. The van der Waals surface area contributed by atoms with Gasteiger partial charge in [-0.15, -0.1) is 0 Å². The van der Waals surface area contributed by atoms with Gasteiger partial charge >= 0.3 is 11.9 Å². The maximum Gasteiger partial charge on any atom is 0.401 e. The number of nitrogens with zero attached hydrogens (tertiary/aromatic N) is 1. The number of halogens is 3. The van der Waals surface area contributed by atoms with E-state index in [1.54, 1.807) is 0 Å². The maximum atomic E-state index is 11.7. The lowest BCUT2D eigenvalue weighted by atomic mass is 10.5. The molecule has 16 heavy (non-hydrogen) atoms. The van der Waals surface area contributed by atoms with E-state index in [4.69, 9.17) is 0 Å². The third-order valence-corrected chi connectivity index (χ3v) is 1.75. The molecule has 0 radical (unpaired) electrons. The number of alkyl halides is 3. The van der Waals surface area contributed by atoms with Gasteiger partial charge in [-0.3, -0.25) is 14.3 Å². The fraction of sp³-hybridized carbons (Fsp3) is 0.500. The average molecular weight is 237 g/mol. The van der Waals surface area contributed by atoms with Gasteiger partial charge in [0.15, 0.2) is 0 Å². The van der Waals surface area contributed by atoms with Crippen LogP contribution in [-0.4, -0.2) is 28.8 Å². The molecule has 90 valence electrons. The van der Waals surface area contributed by atoms with Crippen LogP contribution >= 0.6 is 0 Å². The molecule has 5 nitrogen and oxygen atoms in total. The fourth-order valence-electron chi connectivity index (χ4n) is 1.05. The minimum Gasteiger partial charge on any atom is -0.307 e. The van der Waals surface area contributed by atoms with Crippen LogP contribution in [0, 0.1) is 0 Å². The standard InChI is InChI=1S/C8H10F3N3O2/c9-8(10,11)5-12-2-4-14-3-1-6(15)13-7(14)16/h1,3,12H,2,4-5H2,(H,13,15,16). The van der Waals surface area contributed by atoms with Crippen molar-refractivity contribution in [3.8, 4) is 0 Å². The molecule has 8 heteroatoms. The molecule has 1 rings (SSSR count). The molecule has 0 spiro atoms. The molecule has 0 aliphatic rings. The highest BCUT2D eigenvalue weighted by molar-refractivity contribution is 4.82. The van der Waals surface area contributed by atoms with Gasteiger partial charge in [0, 0.05) is 25.4 Å². The van der Waals surface area contributed by atoms with Crippen LogP contribution in [0.2, 0.25) is 0 Å². The Balaban J connectivity index is 2.44. The van der Waals surface area contributed by atoms with Gasteiger partial charge in [0.25, 0.3) is 5.56 Å². The molecule has 0 aromatic carbocycles. The summed E-state index contributed by atoms with van der Waals surface area (Å²) in [6.45, 7) is -1.05. The second-order valence-electron chi connectivity index (χ2n) is 3.10. The number of nitrogens with one attached hydrogen (secondary N) is 2. The topological polar surface area (TPSA) is 66.9 Å². The first-order valence-electron chi connectivity index (χ1n) is 4.46. The van der Waals surface area contributed by atoms with Crippen LogP contribution in [0.25, 0.3) is 0 Å². The van der Waals surface area contributed by atoms with Crippen LogP contribution in [0.1, 0.15) is 0 Å². The van der Waals surface area contributed by atoms with Gasteiger partial charge in [-0.1, -0.05) is 0 Å². The third-order valence-electron chi connectivity index (χ3n) is 1.75. The molecule has 1 heterocycles. The Morgan fingerprint density at radius 2 is 2.06 bits per heavy atom. The summed E-state index contributed by atoms with van der Waals surface area (Å²) in [6.07, 6.45) is -3.04. The van der Waals surface area contributed by atoms with Gasteiger partial charge in [-0.05, 0) is 0 Å². The fourth-order valence-corrected chi connectivity index (χ4v) is 1.05. The van der Waals surface area contributed by atoms with Gasteiger partial charge in [-0.2, -0.15) is 13.2 Å². The van der Waals surface area contributed by atoms with Gasteiger partial charge in [0.1, 0.15) is 0 Å². The van der Waals surface area contributed by atoms with Crippen LogP contribution in [0.15, 0.2) is 21.9 Å². The summed E-state index contributed by atoms with van der Waals surface area (Å²) in [6, 6.07) is 1.13. The highest BCUT2D eigenvalue weighted by Crippen LogP contribution is 2.11. The number of rotatable bonds is 4. The van der Waals surface area contributed by atoms with Crippen molar-refractivity contribution in [2.45, 2.75) is 12.7 Å². The third kappa shape index (κ3) is 4.30. The van der Waals surface area contributed by atoms with Crippen molar-refractivity contribution < 1.29 is 13.2 Å². The van der Waals surface area contributed by atoms with Crippen LogP contribution in [0.4, 0.5) is 13.2 Å². The second-order valence-corrected chi connectivity index (χ2v) is 3.10. The largest absolute Gasteiger partial charge is 0.401 e. The molecule has 1 aromatic rings. The SMILES string of the molecule is O=c1ccn(CCNCC(F)(F)F)c(=O)[nH]1. The molecule has 0 aliphatic carbocycles. The number of H-pyrrole nitrogens is 1. The number of hydrogen-bond acceptors (Lipinski definition) is 3. The lowest BCUT2D eigenvalue weighted by Crippen LogP contribution is -2.35. The van der Waals surface area contributed by atoms with Crippen molar-refractivity contribution in [1.82, 2.24) is 14.9 Å². The monoisotopic (exact) mass is 237 g/mol. The molecule has 0 saturated carbocycles. The number of aromatic amines is 1. The first kappa shape index (κ1) is 12.5. The van der Waals surface area contributed by atoms with Crippen LogP contribution in [-0.2, 0) is 6.54 Å². The quantitative estimate of drug-likeness (QED) is 0.706. The Morgan fingerprint density at radius 1 is 1.38 bits per heavy atom. The highest BCUT2D eigenvalue weighted by atomic mass is 19.4. The zero-order valence-corrected chi connectivity index (χ0v) is 8.17. The summed E-state index contributed by atoms with van der Waals surface area (Å²) >= 11 is 0. The molecule has 0 unspecified atom stereocenters. The van der Waals surface area contributed by atoms with E-state index < -0.39 is 24.0 Å². The number of aromatic nitrogens is 2. The Bertz CT molecular complexity index is 449. The van der Waals surface area contributed by atoms with E-state index in [-0.39, 0.29) is 13.1 Å².